The molecule has 0 bridgehead atoms. The van der Waals surface area contributed by atoms with Crippen LogP contribution in [0.1, 0.15) is 31.1 Å². The van der Waals surface area contributed by atoms with Crippen molar-refractivity contribution in [2.24, 2.45) is 14.1 Å². The van der Waals surface area contributed by atoms with Gasteiger partial charge in [-0.05, 0) is 31.2 Å². The largest absolute Gasteiger partial charge is 0.330 e. The summed E-state index contributed by atoms with van der Waals surface area (Å²) < 4.78 is 15.6. The van der Waals surface area contributed by atoms with Crippen LogP contribution in [0, 0.1) is 5.82 Å². The van der Waals surface area contributed by atoms with Crippen LogP contribution in [0.15, 0.2) is 39.9 Å². The number of aromatic nitrogens is 2. The van der Waals surface area contributed by atoms with Crippen molar-refractivity contribution >= 4 is 0 Å². The fourth-order valence-electron chi connectivity index (χ4n) is 2.61. The molecule has 23 heavy (non-hydrogen) atoms. The van der Waals surface area contributed by atoms with Gasteiger partial charge in [-0.3, -0.25) is 18.8 Å². The minimum absolute atomic E-state index is 0.0414. The highest BCUT2D eigenvalue weighted by atomic mass is 19.1. The molecular formula is C17H22FN3O2. The zero-order valence-electron chi connectivity index (χ0n) is 13.9. The average molecular weight is 319 g/mol. The average Bonchev–Trinajstić information content (AvgIpc) is 2.55. The molecule has 5 nitrogen and oxygen atoms in total. The summed E-state index contributed by atoms with van der Waals surface area (Å²) in [6.07, 6.45) is 0. The van der Waals surface area contributed by atoms with Gasteiger partial charge in [0, 0.05) is 38.4 Å². The van der Waals surface area contributed by atoms with Crippen LogP contribution in [-0.4, -0.2) is 20.6 Å². The molecule has 1 heterocycles. The third kappa shape index (κ3) is 3.59. The first-order chi connectivity index (χ1) is 10.8. The summed E-state index contributed by atoms with van der Waals surface area (Å²) >= 11 is 0. The molecule has 1 unspecified atom stereocenters. The van der Waals surface area contributed by atoms with Gasteiger partial charge >= 0.3 is 5.69 Å². The van der Waals surface area contributed by atoms with Crippen molar-refractivity contribution in [3.63, 3.8) is 0 Å². The summed E-state index contributed by atoms with van der Waals surface area (Å²) in [7, 11) is 3.13. The molecule has 0 amide bonds. The van der Waals surface area contributed by atoms with Gasteiger partial charge in [-0.2, -0.15) is 0 Å². The lowest BCUT2D eigenvalue weighted by atomic mass is 10.1. The number of hydrogen-bond acceptors (Lipinski definition) is 3. The Morgan fingerprint density at radius 1 is 1.13 bits per heavy atom. The summed E-state index contributed by atoms with van der Waals surface area (Å²) in [6, 6.07) is 7.92. The Hall–Kier alpha value is -2.21. The van der Waals surface area contributed by atoms with Crippen molar-refractivity contribution < 1.29 is 4.39 Å². The van der Waals surface area contributed by atoms with E-state index < -0.39 is 0 Å². The van der Waals surface area contributed by atoms with Crippen molar-refractivity contribution in [1.82, 2.24) is 14.0 Å². The standard InChI is InChI=1S/C17H22FN3O2/c1-5-21(12(2)13-6-8-14(18)9-7-13)11-15-10-16(22)20(4)17(23)19(15)3/h6-10,12H,5,11H2,1-4H3. The molecule has 2 rings (SSSR count). The highest BCUT2D eigenvalue weighted by molar-refractivity contribution is 5.19. The van der Waals surface area contributed by atoms with Gasteiger partial charge in [-0.15, -0.1) is 0 Å². The lowest BCUT2D eigenvalue weighted by Gasteiger charge is -2.28. The molecular weight excluding hydrogens is 297 g/mol. The van der Waals surface area contributed by atoms with Gasteiger partial charge in [0.15, 0.2) is 0 Å². The predicted octanol–water partition coefficient (Wildman–Crippen LogP) is 1.81. The second-order valence-electron chi connectivity index (χ2n) is 5.67. The van der Waals surface area contributed by atoms with Gasteiger partial charge in [0.05, 0.1) is 0 Å². The van der Waals surface area contributed by atoms with Crippen LogP contribution in [0.4, 0.5) is 4.39 Å². The van der Waals surface area contributed by atoms with E-state index in [1.165, 1.54) is 29.8 Å². The third-order valence-electron chi connectivity index (χ3n) is 4.30. The maximum Gasteiger partial charge on any atom is 0.330 e. The first-order valence-corrected chi connectivity index (χ1v) is 7.60. The number of hydrogen-bond donors (Lipinski definition) is 0. The third-order valence-corrected chi connectivity index (χ3v) is 4.30. The van der Waals surface area contributed by atoms with Crippen LogP contribution in [0.25, 0.3) is 0 Å². The number of nitrogens with zero attached hydrogens (tertiary/aromatic N) is 3. The van der Waals surface area contributed by atoms with Crippen molar-refractivity contribution in [3.05, 3.63) is 68.2 Å². The van der Waals surface area contributed by atoms with Crippen LogP contribution < -0.4 is 11.2 Å². The Kier molecular flexibility index (Phi) is 5.15. The topological polar surface area (TPSA) is 47.2 Å². The summed E-state index contributed by atoms with van der Waals surface area (Å²) in [5.41, 5.74) is 1.00. The molecule has 0 radical (unpaired) electrons. The van der Waals surface area contributed by atoms with E-state index in [0.29, 0.717) is 12.2 Å². The van der Waals surface area contributed by atoms with Crippen molar-refractivity contribution in [3.8, 4) is 0 Å². The lowest BCUT2D eigenvalue weighted by Crippen LogP contribution is -2.39. The van der Waals surface area contributed by atoms with E-state index >= 15 is 0 Å². The molecule has 0 saturated heterocycles. The van der Waals surface area contributed by atoms with Crippen LogP contribution in [0.5, 0.6) is 0 Å². The Labute approximate surface area is 134 Å². The van der Waals surface area contributed by atoms with E-state index in [4.69, 9.17) is 0 Å². The van der Waals surface area contributed by atoms with Crippen LogP contribution in [-0.2, 0) is 20.6 Å². The monoisotopic (exact) mass is 319 g/mol. The minimum Gasteiger partial charge on any atom is -0.299 e. The fraction of sp³-hybridized carbons (Fsp3) is 0.412. The highest BCUT2D eigenvalue weighted by Crippen LogP contribution is 2.21. The van der Waals surface area contributed by atoms with Crippen LogP contribution in [0.2, 0.25) is 0 Å². The maximum absolute atomic E-state index is 13.1. The van der Waals surface area contributed by atoms with Crippen LogP contribution >= 0.6 is 0 Å². The van der Waals surface area contributed by atoms with Crippen molar-refractivity contribution in [2.45, 2.75) is 26.4 Å². The molecule has 0 saturated carbocycles. The van der Waals surface area contributed by atoms with Gasteiger partial charge in [0.2, 0.25) is 0 Å². The van der Waals surface area contributed by atoms with Gasteiger partial charge in [-0.1, -0.05) is 19.1 Å². The van der Waals surface area contributed by atoms with Crippen LogP contribution in [0.3, 0.4) is 0 Å². The fourth-order valence-corrected chi connectivity index (χ4v) is 2.61. The first-order valence-electron chi connectivity index (χ1n) is 7.60. The number of halogens is 1. The summed E-state index contributed by atoms with van der Waals surface area (Å²) in [6.45, 7) is 5.24. The Balaban J connectivity index is 2.31. The number of rotatable bonds is 5. The van der Waals surface area contributed by atoms with E-state index in [-0.39, 0.29) is 23.1 Å². The normalized spacial score (nSPS) is 12.6. The highest BCUT2D eigenvalue weighted by Gasteiger charge is 2.17. The SMILES string of the molecule is CCN(Cc1cc(=O)n(C)c(=O)n1C)C(C)c1ccc(F)cc1. The molecule has 1 aromatic heterocycles. The minimum atomic E-state index is -0.335. The van der Waals surface area contributed by atoms with E-state index in [1.807, 2.05) is 13.8 Å². The second kappa shape index (κ2) is 6.91. The Bertz CT molecular complexity index is 793. The summed E-state index contributed by atoms with van der Waals surface area (Å²) in [5.74, 6) is -0.266. The maximum atomic E-state index is 13.1. The van der Waals surface area contributed by atoms with E-state index in [1.54, 1.807) is 19.2 Å². The number of benzene rings is 1. The zero-order chi connectivity index (χ0) is 17.1. The van der Waals surface area contributed by atoms with Gasteiger partial charge < -0.3 is 0 Å². The van der Waals surface area contributed by atoms with E-state index in [0.717, 1.165) is 16.7 Å². The Morgan fingerprint density at radius 2 is 1.74 bits per heavy atom. The van der Waals surface area contributed by atoms with Gasteiger partial charge in [-0.25, -0.2) is 9.18 Å². The molecule has 1 aromatic carbocycles. The summed E-state index contributed by atoms with van der Waals surface area (Å²) in [5, 5.41) is 0. The molecule has 6 heteroatoms. The zero-order valence-corrected chi connectivity index (χ0v) is 13.9. The molecule has 124 valence electrons. The van der Waals surface area contributed by atoms with Gasteiger partial charge in [0.1, 0.15) is 5.82 Å². The summed E-state index contributed by atoms with van der Waals surface area (Å²) in [4.78, 5) is 26.0. The Morgan fingerprint density at radius 3 is 2.30 bits per heavy atom. The quantitative estimate of drug-likeness (QED) is 0.844. The first kappa shape index (κ1) is 17.1. The molecule has 0 fully saturated rings. The molecule has 1 atom stereocenters. The van der Waals surface area contributed by atoms with Crippen molar-refractivity contribution in [1.29, 1.82) is 0 Å². The molecule has 0 N–H and O–H groups in total. The van der Waals surface area contributed by atoms with E-state index in [9.17, 15) is 14.0 Å². The van der Waals surface area contributed by atoms with Crippen molar-refractivity contribution in [2.75, 3.05) is 6.54 Å². The van der Waals surface area contributed by atoms with Gasteiger partial charge in [0.25, 0.3) is 5.56 Å². The molecule has 0 aliphatic rings. The lowest BCUT2D eigenvalue weighted by molar-refractivity contribution is 0.207. The molecule has 0 aliphatic heterocycles. The molecule has 2 aromatic rings. The molecule has 0 spiro atoms. The molecule has 0 aliphatic carbocycles. The second-order valence-corrected chi connectivity index (χ2v) is 5.67. The predicted molar refractivity (Wildman–Crippen MR) is 87.8 cm³/mol. The smallest absolute Gasteiger partial charge is 0.299 e. The van der Waals surface area contributed by atoms with E-state index in [2.05, 4.69) is 4.90 Å².